The van der Waals surface area contributed by atoms with Gasteiger partial charge in [-0.2, -0.15) is 0 Å². The Bertz CT molecular complexity index is 1060. The fraction of sp³-hybridized carbons (Fsp3) is 0.761. The van der Waals surface area contributed by atoms with Gasteiger partial charge in [-0.25, -0.2) is 4.57 Å². The van der Waals surface area contributed by atoms with Crippen molar-refractivity contribution in [2.75, 3.05) is 33.0 Å². The number of carbonyl (C=O) groups excluding carboxylic acids is 1. The molecular formula is C46H83O9P. The van der Waals surface area contributed by atoms with Crippen LogP contribution in [0.4, 0.5) is 0 Å². The molecule has 0 aliphatic heterocycles. The zero-order valence-corrected chi connectivity index (χ0v) is 36.5. The summed E-state index contributed by atoms with van der Waals surface area (Å²) in [6, 6.07) is 0. The molecule has 0 bridgehead atoms. The van der Waals surface area contributed by atoms with Gasteiger partial charge < -0.3 is 24.6 Å². The van der Waals surface area contributed by atoms with Gasteiger partial charge in [0.2, 0.25) is 0 Å². The van der Waals surface area contributed by atoms with Crippen molar-refractivity contribution >= 4 is 13.8 Å². The lowest BCUT2D eigenvalue weighted by Crippen LogP contribution is -2.29. The molecule has 0 heterocycles. The Labute approximate surface area is 342 Å². The Balaban J connectivity index is 4.24. The Morgan fingerprint density at radius 1 is 0.571 bits per heavy atom. The van der Waals surface area contributed by atoms with Gasteiger partial charge in [0, 0.05) is 13.0 Å². The van der Waals surface area contributed by atoms with E-state index in [0.29, 0.717) is 13.0 Å². The Kier molecular flexibility index (Phi) is 41.4. The van der Waals surface area contributed by atoms with Gasteiger partial charge in [-0.15, -0.1) is 0 Å². The zero-order chi connectivity index (χ0) is 41.1. The van der Waals surface area contributed by atoms with Gasteiger partial charge >= 0.3 is 13.8 Å². The van der Waals surface area contributed by atoms with Crippen LogP contribution in [0.5, 0.6) is 0 Å². The van der Waals surface area contributed by atoms with Gasteiger partial charge in [0.25, 0.3) is 0 Å². The number of phosphoric acid groups is 1. The van der Waals surface area contributed by atoms with Crippen molar-refractivity contribution in [3.05, 3.63) is 60.8 Å². The van der Waals surface area contributed by atoms with E-state index in [4.69, 9.17) is 23.6 Å². The summed E-state index contributed by atoms with van der Waals surface area (Å²) in [4.78, 5) is 22.6. The van der Waals surface area contributed by atoms with Gasteiger partial charge in [-0.05, 0) is 51.4 Å². The molecule has 10 heteroatoms. The number of hydrogen-bond donors (Lipinski definition) is 3. The second-order valence-electron chi connectivity index (χ2n) is 14.7. The molecule has 0 spiro atoms. The average Bonchev–Trinajstić information content (AvgIpc) is 3.19. The van der Waals surface area contributed by atoms with E-state index in [1.54, 1.807) is 0 Å². The fourth-order valence-corrected chi connectivity index (χ4v) is 6.65. The van der Waals surface area contributed by atoms with Crippen molar-refractivity contribution < 1.29 is 43.0 Å². The number of unbranched alkanes of at least 4 members (excludes halogenated alkanes) is 18. The number of phosphoric ester groups is 1. The Morgan fingerprint density at radius 3 is 1.46 bits per heavy atom. The quantitative estimate of drug-likeness (QED) is 0.0239. The van der Waals surface area contributed by atoms with Crippen molar-refractivity contribution in [3.8, 4) is 0 Å². The van der Waals surface area contributed by atoms with Crippen LogP contribution in [-0.4, -0.2) is 66.3 Å². The number of aliphatic hydroxyl groups is 2. The molecular weight excluding hydrogens is 727 g/mol. The first-order valence-electron chi connectivity index (χ1n) is 22.3. The highest BCUT2D eigenvalue weighted by atomic mass is 31.2. The number of ether oxygens (including phenoxy) is 2. The van der Waals surface area contributed by atoms with Crippen LogP contribution in [0.3, 0.4) is 0 Å². The van der Waals surface area contributed by atoms with E-state index in [1.165, 1.54) is 96.3 Å². The highest BCUT2D eigenvalue weighted by Gasteiger charge is 2.26. The molecule has 3 N–H and O–H groups in total. The summed E-state index contributed by atoms with van der Waals surface area (Å²) >= 11 is 0. The molecule has 326 valence electrons. The molecule has 3 atom stereocenters. The second kappa shape index (κ2) is 42.8. The fourth-order valence-electron chi connectivity index (χ4n) is 5.86. The summed E-state index contributed by atoms with van der Waals surface area (Å²) in [5, 5.41) is 18.4. The van der Waals surface area contributed by atoms with Crippen LogP contribution in [-0.2, 0) is 27.9 Å². The molecule has 9 nitrogen and oxygen atoms in total. The summed E-state index contributed by atoms with van der Waals surface area (Å²) in [6.45, 7) is 3.34. The van der Waals surface area contributed by atoms with Gasteiger partial charge in [0.15, 0.2) is 0 Å². The predicted octanol–water partition coefficient (Wildman–Crippen LogP) is 12.4. The maximum Gasteiger partial charge on any atom is 0.472 e. The highest BCUT2D eigenvalue weighted by Crippen LogP contribution is 2.43. The summed E-state index contributed by atoms with van der Waals surface area (Å²) in [7, 11) is -4.53. The molecule has 0 fully saturated rings. The van der Waals surface area contributed by atoms with Crippen LogP contribution in [0.15, 0.2) is 60.8 Å². The monoisotopic (exact) mass is 811 g/mol. The van der Waals surface area contributed by atoms with Crippen LogP contribution in [0.1, 0.15) is 181 Å². The molecule has 0 aromatic heterocycles. The molecule has 1 unspecified atom stereocenters. The van der Waals surface area contributed by atoms with Gasteiger partial charge in [-0.1, -0.05) is 184 Å². The molecule has 0 amide bonds. The lowest BCUT2D eigenvalue weighted by molar-refractivity contribution is -0.154. The summed E-state index contributed by atoms with van der Waals surface area (Å²) in [5.41, 5.74) is 0. The molecule has 0 saturated heterocycles. The number of rotatable bonds is 42. The van der Waals surface area contributed by atoms with E-state index >= 15 is 0 Å². The Morgan fingerprint density at radius 2 is 1.00 bits per heavy atom. The number of hydrogen-bond acceptors (Lipinski definition) is 8. The minimum atomic E-state index is -4.53. The number of allylic oxidation sites excluding steroid dienone is 10. The third kappa shape index (κ3) is 41.8. The van der Waals surface area contributed by atoms with E-state index in [2.05, 4.69) is 74.6 Å². The van der Waals surface area contributed by atoms with E-state index in [0.717, 1.165) is 57.8 Å². The molecule has 0 aromatic rings. The normalized spacial score (nSPS) is 14.6. The first-order chi connectivity index (χ1) is 27.3. The third-order valence-electron chi connectivity index (χ3n) is 9.22. The van der Waals surface area contributed by atoms with Crippen LogP contribution >= 0.6 is 7.82 Å². The van der Waals surface area contributed by atoms with Crippen LogP contribution < -0.4 is 0 Å². The summed E-state index contributed by atoms with van der Waals surface area (Å²) in [6.07, 6.45) is 49.0. The third-order valence-corrected chi connectivity index (χ3v) is 10.2. The topological polar surface area (TPSA) is 132 Å². The predicted molar refractivity (Wildman–Crippen MR) is 233 cm³/mol. The van der Waals surface area contributed by atoms with Gasteiger partial charge in [0.1, 0.15) is 12.2 Å². The minimum Gasteiger partial charge on any atom is -0.457 e. The van der Waals surface area contributed by atoms with Crippen LogP contribution in [0.25, 0.3) is 0 Å². The van der Waals surface area contributed by atoms with Crippen molar-refractivity contribution in [3.63, 3.8) is 0 Å². The first-order valence-corrected chi connectivity index (χ1v) is 23.8. The average molecular weight is 811 g/mol. The van der Waals surface area contributed by atoms with Crippen molar-refractivity contribution in [2.24, 2.45) is 0 Å². The molecule has 56 heavy (non-hydrogen) atoms. The van der Waals surface area contributed by atoms with E-state index in [-0.39, 0.29) is 13.0 Å². The zero-order valence-electron chi connectivity index (χ0n) is 35.6. The maximum absolute atomic E-state index is 12.6. The van der Waals surface area contributed by atoms with E-state index in [9.17, 15) is 19.4 Å². The number of esters is 1. The SMILES string of the molecule is CC/C=C\C/C=C\C/C=C\C/C=C\C/C=C\CCCC(=O)O[C@H](COCCCCCCCCCCCCCCCCCCCC)COP(=O)(O)OC[C@@H](O)CO. The number of carbonyl (C=O) groups is 1. The largest absolute Gasteiger partial charge is 0.472 e. The molecule has 0 aliphatic carbocycles. The van der Waals surface area contributed by atoms with Crippen LogP contribution in [0, 0.1) is 0 Å². The second-order valence-corrected chi connectivity index (χ2v) is 16.1. The van der Waals surface area contributed by atoms with Crippen molar-refractivity contribution in [2.45, 2.75) is 193 Å². The summed E-state index contributed by atoms with van der Waals surface area (Å²) in [5.74, 6) is -0.438. The standard InChI is InChI=1S/C46H83O9P/c1-3-5-7-9-11-13-15-17-19-21-23-25-27-29-31-33-35-37-39-52-42-45(43-54-56(50,51)53-41-44(48)40-47)55-46(49)38-36-34-32-30-28-26-24-22-20-18-16-14-12-10-8-6-4-2/h6,8,12,14,18,20,24,26,30,32,44-45,47-48H,3-5,7,9-11,13,15-17,19,21-23,25,27-29,31,33-43H2,1-2H3,(H,50,51)/b8-6-,14-12-,20-18-,26-24-,32-30-/t44-,45+/m0/s1. The van der Waals surface area contributed by atoms with Crippen molar-refractivity contribution in [1.82, 2.24) is 0 Å². The van der Waals surface area contributed by atoms with E-state index < -0.39 is 45.8 Å². The Hall–Kier alpha value is -1.84. The molecule has 0 radical (unpaired) electrons. The van der Waals surface area contributed by atoms with E-state index in [1.807, 2.05) is 0 Å². The lowest BCUT2D eigenvalue weighted by Gasteiger charge is -2.20. The maximum atomic E-state index is 12.6. The van der Waals surface area contributed by atoms with Crippen molar-refractivity contribution in [1.29, 1.82) is 0 Å². The number of aliphatic hydroxyl groups excluding tert-OH is 2. The molecule has 0 aliphatic rings. The lowest BCUT2D eigenvalue weighted by atomic mass is 10.0. The van der Waals surface area contributed by atoms with Crippen LogP contribution in [0.2, 0.25) is 0 Å². The first kappa shape index (κ1) is 54.2. The molecule has 0 saturated carbocycles. The van der Waals surface area contributed by atoms with Gasteiger partial charge in [-0.3, -0.25) is 13.8 Å². The smallest absolute Gasteiger partial charge is 0.457 e. The minimum absolute atomic E-state index is 0.0265. The highest BCUT2D eigenvalue weighted by molar-refractivity contribution is 7.47. The molecule has 0 aromatic carbocycles. The summed E-state index contributed by atoms with van der Waals surface area (Å²) < 4.78 is 33.3. The van der Waals surface area contributed by atoms with Gasteiger partial charge in [0.05, 0.1) is 26.4 Å². The molecule has 0 rings (SSSR count).